The van der Waals surface area contributed by atoms with Gasteiger partial charge in [-0.25, -0.2) is 10.2 Å². The molecule has 18 heavy (non-hydrogen) atoms. The summed E-state index contributed by atoms with van der Waals surface area (Å²) in [5.74, 6) is 0.734. The number of amides is 2. The van der Waals surface area contributed by atoms with E-state index in [4.69, 9.17) is 5.73 Å². The minimum Gasteiger partial charge on any atom is -0.350 e. The van der Waals surface area contributed by atoms with Gasteiger partial charge in [0.05, 0.1) is 0 Å². The summed E-state index contributed by atoms with van der Waals surface area (Å²) in [5.41, 5.74) is 9.50. The van der Waals surface area contributed by atoms with Gasteiger partial charge in [0.25, 0.3) is 0 Å². The zero-order chi connectivity index (χ0) is 14.0. The number of rotatable bonds is 8. The number of urea groups is 1. The van der Waals surface area contributed by atoms with Crippen molar-refractivity contribution in [1.82, 2.24) is 5.43 Å². The summed E-state index contributed by atoms with van der Waals surface area (Å²) in [4.78, 5) is 10.5. The van der Waals surface area contributed by atoms with E-state index in [0.29, 0.717) is 0 Å². The summed E-state index contributed by atoms with van der Waals surface area (Å²) in [7, 11) is 0. The van der Waals surface area contributed by atoms with Crippen molar-refractivity contribution in [2.24, 2.45) is 16.8 Å². The molecule has 0 aromatic rings. The average molecular weight is 253 g/mol. The lowest BCUT2D eigenvalue weighted by Gasteiger charge is -2.09. The van der Waals surface area contributed by atoms with Crippen LogP contribution in [0.4, 0.5) is 4.79 Å². The van der Waals surface area contributed by atoms with Crippen LogP contribution in [0.1, 0.15) is 59.8 Å². The Bertz CT molecular complexity index is 304. The molecule has 0 aliphatic heterocycles. The average Bonchev–Trinajstić information content (AvgIpc) is 2.25. The number of carbonyl (C=O) groups excluding carboxylic acids is 1. The van der Waals surface area contributed by atoms with Crippen LogP contribution >= 0.6 is 0 Å². The number of nitrogens with two attached hydrogens (primary N) is 1. The lowest BCUT2D eigenvalue weighted by atomic mass is 9.97. The van der Waals surface area contributed by atoms with E-state index < -0.39 is 6.03 Å². The molecule has 1 atom stereocenters. The monoisotopic (exact) mass is 253 g/mol. The normalized spacial score (nSPS) is 13.0. The lowest BCUT2D eigenvalue weighted by molar-refractivity contribution is 0.249. The Hall–Kier alpha value is -1.32. The van der Waals surface area contributed by atoms with E-state index in [2.05, 4.69) is 37.4 Å². The number of nitrogens with one attached hydrogen (secondary N) is 1. The molecule has 2 amide bonds. The van der Waals surface area contributed by atoms with Crippen LogP contribution in [0.15, 0.2) is 16.8 Å². The first-order valence-corrected chi connectivity index (χ1v) is 6.63. The van der Waals surface area contributed by atoms with E-state index >= 15 is 0 Å². The number of hydrogen-bond acceptors (Lipinski definition) is 2. The third kappa shape index (κ3) is 11.2. The van der Waals surface area contributed by atoms with Gasteiger partial charge >= 0.3 is 6.03 Å². The van der Waals surface area contributed by atoms with Crippen LogP contribution in [0.5, 0.6) is 0 Å². The number of allylic oxidation sites excluding steroid dienone is 2. The summed E-state index contributed by atoms with van der Waals surface area (Å²) in [6.45, 7) is 8.46. The van der Waals surface area contributed by atoms with E-state index in [1.54, 1.807) is 0 Å². The maximum atomic E-state index is 10.5. The highest BCUT2D eigenvalue weighted by molar-refractivity contribution is 5.83. The van der Waals surface area contributed by atoms with Crippen LogP contribution in [0.2, 0.25) is 0 Å². The van der Waals surface area contributed by atoms with Crippen LogP contribution in [0.3, 0.4) is 0 Å². The zero-order valence-corrected chi connectivity index (χ0v) is 12.1. The minimum atomic E-state index is -0.607. The summed E-state index contributed by atoms with van der Waals surface area (Å²) < 4.78 is 0. The van der Waals surface area contributed by atoms with Gasteiger partial charge in [0.15, 0.2) is 0 Å². The van der Waals surface area contributed by atoms with Crippen LogP contribution in [0.25, 0.3) is 0 Å². The number of primary amides is 1. The highest BCUT2D eigenvalue weighted by Gasteiger charge is 2.02. The molecular weight excluding hydrogens is 226 g/mol. The first kappa shape index (κ1) is 16.7. The predicted octanol–water partition coefficient (Wildman–Crippen LogP) is 3.58. The molecule has 0 aromatic carbocycles. The first-order valence-electron chi connectivity index (χ1n) is 6.63. The molecule has 3 N–H and O–H groups in total. The zero-order valence-electron chi connectivity index (χ0n) is 12.1. The van der Waals surface area contributed by atoms with Crippen molar-refractivity contribution in [1.29, 1.82) is 0 Å². The Morgan fingerprint density at radius 1 is 1.33 bits per heavy atom. The maximum Gasteiger partial charge on any atom is 0.332 e. The van der Waals surface area contributed by atoms with Gasteiger partial charge in [0.1, 0.15) is 0 Å². The molecule has 0 aromatic heterocycles. The molecule has 4 nitrogen and oxygen atoms in total. The van der Waals surface area contributed by atoms with Crippen molar-refractivity contribution < 1.29 is 4.79 Å². The van der Waals surface area contributed by atoms with E-state index in [1.807, 2.05) is 6.92 Å². The molecule has 0 spiro atoms. The van der Waals surface area contributed by atoms with Crippen LogP contribution < -0.4 is 11.2 Å². The minimum absolute atomic E-state index is 0.607. The molecule has 0 heterocycles. The molecule has 104 valence electrons. The van der Waals surface area contributed by atoms with Gasteiger partial charge in [-0.2, -0.15) is 5.10 Å². The van der Waals surface area contributed by atoms with Gasteiger partial charge in [0.2, 0.25) is 0 Å². The summed E-state index contributed by atoms with van der Waals surface area (Å²) in [6.07, 6.45) is 7.90. The van der Waals surface area contributed by atoms with Crippen molar-refractivity contribution in [2.75, 3.05) is 0 Å². The molecule has 0 bridgehead atoms. The highest BCUT2D eigenvalue weighted by Crippen LogP contribution is 2.15. The molecule has 0 aliphatic carbocycles. The first-order chi connectivity index (χ1) is 8.41. The second-order valence-electron chi connectivity index (χ2n) is 5.18. The van der Waals surface area contributed by atoms with Crippen LogP contribution in [0, 0.1) is 5.92 Å². The van der Waals surface area contributed by atoms with E-state index in [-0.39, 0.29) is 0 Å². The Morgan fingerprint density at radius 3 is 2.56 bits per heavy atom. The molecule has 0 saturated heterocycles. The van der Waals surface area contributed by atoms with Gasteiger partial charge in [-0.3, -0.25) is 0 Å². The fourth-order valence-corrected chi connectivity index (χ4v) is 1.71. The third-order valence-corrected chi connectivity index (χ3v) is 2.80. The van der Waals surface area contributed by atoms with Crippen LogP contribution in [-0.2, 0) is 0 Å². The van der Waals surface area contributed by atoms with Gasteiger partial charge in [-0.1, -0.05) is 25.0 Å². The Balaban J connectivity index is 3.67. The SMILES string of the molecule is CC(C)=CCCC(C)CCCC(C)=NNC(N)=O. The largest absolute Gasteiger partial charge is 0.350 e. The van der Waals surface area contributed by atoms with Crippen molar-refractivity contribution >= 4 is 11.7 Å². The van der Waals surface area contributed by atoms with E-state index in [9.17, 15) is 4.79 Å². The van der Waals surface area contributed by atoms with Crippen molar-refractivity contribution in [3.8, 4) is 0 Å². The van der Waals surface area contributed by atoms with Gasteiger partial charge in [-0.15, -0.1) is 0 Å². The second-order valence-corrected chi connectivity index (χ2v) is 5.18. The van der Waals surface area contributed by atoms with Gasteiger partial charge in [-0.05, 0) is 52.4 Å². The summed E-state index contributed by atoms with van der Waals surface area (Å²) in [6, 6.07) is -0.607. The van der Waals surface area contributed by atoms with Crippen molar-refractivity contribution in [3.63, 3.8) is 0 Å². The standard InChI is InChI=1S/C14H27N3O/c1-11(2)7-5-8-12(3)9-6-10-13(4)16-17-14(15)18/h7,12H,5-6,8-10H2,1-4H3,(H3,15,17,18). The smallest absolute Gasteiger partial charge is 0.332 e. The van der Waals surface area contributed by atoms with E-state index in [0.717, 1.165) is 24.5 Å². The van der Waals surface area contributed by atoms with Crippen molar-refractivity contribution in [2.45, 2.75) is 59.8 Å². The number of nitrogens with zero attached hydrogens (tertiary/aromatic N) is 1. The lowest BCUT2D eigenvalue weighted by Crippen LogP contribution is -2.25. The van der Waals surface area contributed by atoms with Crippen molar-refractivity contribution in [3.05, 3.63) is 11.6 Å². The Kier molecular flexibility index (Phi) is 8.97. The molecule has 0 fully saturated rings. The predicted molar refractivity (Wildman–Crippen MR) is 77.5 cm³/mol. The molecule has 0 aliphatic rings. The molecular formula is C14H27N3O. The summed E-state index contributed by atoms with van der Waals surface area (Å²) in [5, 5.41) is 3.89. The number of carbonyl (C=O) groups is 1. The van der Waals surface area contributed by atoms with Gasteiger partial charge in [0, 0.05) is 5.71 Å². The number of hydrogen-bond donors (Lipinski definition) is 2. The van der Waals surface area contributed by atoms with Crippen LogP contribution in [-0.4, -0.2) is 11.7 Å². The fraction of sp³-hybridized carbons (Fsp3) is 0.714. The Morgan fingerprint density at radius 2 is 2.00 bits per heavy atom. The topological polar surface area (TPSA) is 67.5 Å². The van der Waals surface area contributed by atoms with E-state index in [1.165, 1.54) is 24.8 Å². The fourth-order valence-electron chi connectivity index (χ4n) is 1.71. The second kappa shape index (κ2) is 9.68. The maximum absolute atomic E-state index is 10.5. The molecule has 0 saturated carbocycles. The molecule has 1 unspecified atom stereocenters. The molecule has 4 heteroatoms. The molecule has 0 rings (SSSR count). The quantitative estimate of drug-likeness (QED) is 0.387. The number of hydrazone groups is 1. The van der Waals surface area contributed by atoms with Gasteiger partial charge < -0.3 is 5.73 Å². The molecule has 0 radical (unpaired) electrons. The Labute approximate surface area is 111 Å². The summed E-state index contributed by atoms with van der Waals surface area (Å²) >= 11 is 0. The highest BCUT2D eigenvalue weighted by atomic mass is 16.2. The third-order valence-electron chi connectivity index (χ3n) is 2.80.